The second kappa shape index (κ2) is 4.80. The molecule has 1 unspecified atom stereocenters. The Morgan fingerprint density at radius 2 is 1.93 bits per heavy atom. The molecule has 0 bridgehead atoms. The van der Waals surface area contributed by atoms with Crippen LogP contribution in [-0.2, 0) is 0 Å². The van der Waals surface area contributed by atoms with E-state index in [0.717, 1.165) is 0 Å². The van der Waals surface area contributed by atoms with Gasteiger partial charge in [0.1, 0.15) is 0 Å². The Labute approximate surface area is 87.0 Å². The second-order valence-electron chi connectivity index (χ2n) is 3.75. The van der Waals surface area contributed by atoms with Gasteiger partial charge in [-0.1, -0.05) is 49.9 Å². The number of rotatable bonds is 3. The normalized spacial score (nSPS) is 13.1. The molecule has 74 valence electrons. The molecule has 0 heterocycles. The quantitative estimate of drug-likeness (QED) is 0.622. The summed E-state index contributed by atoms with van der Waals surface area (Å²) in [6.45, 7) is 10.2. The van der Waals surface area contributed by atoms with Crippen LogP contribution in [-0.4, -0.2) is 0 Å². The van der Waals surface area contributed by atoms with E-state index in [9.17, 15) is 0 Å². The van der Waals surface area contributed by atoms with Crippen LogP contribution < -0.4 is 0 Å². The van der Waals surface area contributed by atoms with Crippen LogP contribution in [0, 0.1) is 13.8 Å². The Balaban J connectivity index is 2.90. The molecule has 1 rings (SSSR count). The molecule has 0 aliphatic heterocycles. The zero-order chi connectivity index (χ0) is 10.6. The molecule has 1 aromatic rings. The lowest BCUT2D eigenvalue weighted by Crippen LogP contribution is -1.91. The van der Waals surface area contributed by atoms with E-state index in [1.54, 1.807) is 0 Å². The lowest BCUT2D eigenvalue weighted by atomic mass is 9.97. The van der Waals surface area contributed by atoms with Crippen LogP contribution in [0.3, 0.4) is 0 Å². The number of benzene rings is 1. The molecule has 0 aliphatic rings. The maximum atomic E-state index is 3.67. The van der Waals surface area contributed by atoms with Gasteiger partial charge in [-0.2, -0.15) is 0 Å². The van der Waals surface area contributed by atoms with Crippen molar-refractivity contribution in [1.82, 2.24) is 0 Å². The molecule has 0 N–H and O–H groups in total. The predicted octanol–water partition coefficient (Wildman–Crippen LogP) is 4.15. The minimum atomic E-state index is 0.465. The molecule has 14 heavy (non-hydrogen) atoms. The van der Waals surface area contributed by atoms with E-state index in [0.29, 0.717) is 5.92 Å². The van der Waals surface area contributed by atoms with Gasteiger partial charge in [-0.05, 0) is 36.5 Å². The molecule has 0 saturated carbocycles. The van der Waals surface area contributed by atoms with Gasteiger partial charge in [0.2, 0.25) is 0 Å². The number of allylic oxidation sites excluding steroid dienone is 3. The predicted molar refractivity (Wildman–Crippen MR) is 63.7 cm³/mol. The highest BCUT2D eigenvalue weighted by Crippen LogP contribution is 2.19. The molecule has 1 aromatic carbocycles. The molecule has 0 spiro atoms. The van der Waals surface area contributed by atoms with Crippen molar-refractivity contribution in [2.24, 2.45) is 0 Å². The van der Waals surface area contributed by atoms with E-state index in [2.05, 4.69) is 51.6 Å². The summed E-state index contributed by atoms with van der Waals surface area (Å²) in [6, 6.07) is 6.64. The highest BCUT2D eigenvalue weighted by atomic mass is 14.1. The highest BCUT2D eigenvalue weighted by Gasteiger charge is 2.01. The molecule has 1 atom stereocenters. The SMILES string of the molecule is C=C/C=C\C(C)c1ccc(C)c(C)c1. The van der Waals surface area contributed by atoms with E-state index in [1.165, 1.54) is 16.7 Å². The Morgan fingerprint density at radius 1 is 1.21 bits per heavy atom. The minimum Gasteiger partial charge on any atom is -0.0991 e. The van der Waals surface area contributed by atoms with Gasteiger partial charge in [-0.25, -0.2) is 0 Å². The molecular weight excluding hydrogens is 168 g/mol. The fourth-order valence-corrected chi connectivity index (χ4v) is 1.40. The fraction of sp³-hybridized carbons (Fsp3) is 0.286. The summed E-state index contributed by atoms with van der Waals surface area (Å²) in [6.07, 6.45) is 5.98. The van der Waals surface area contributed by atoms with Gasteiger partial charge >= 0.3 is 0 Å². The van der Waals surface area contributed by atoms with Gasteiger partial charge in [0.25, 0.3) is 0 Å². The topological polar surface area (TPSA) is 0 Å². The lowest BCUT2D eigenvalue weighted by molar-refractivity contribution is 0.962. The van der Waals surface area contributed by atoms with E-state index < -0.39 is 0 Å². The third-order valence-corrected chi connectivity index (χ3v) is 2.59. The number of hydrogen-bond donors (Lipinski definition) is 0. The van der Waals surface area contributed by atoms with Crippen LogP contribution in [0.15, 0.2) is 43.0 Å². The fourth-order valence-electron chi connectivity index (χ4n) is 1.40. The monoisotopic (exact) mass is 186 g/mol. The summed E-state index contributed by atoms with van der Waals surface area (Å²) in [5.41, 5.74) is 4.08. The van der Waals surface area contributed by atoms with Crippen LogP contribution in [0.25, 0.3) is 0 Å². The van der Waals surface area contributed by atoms with Gasteiger partial charge in [0.15, 0.2) is 0 Å². The van der Waals surface area contributed by atoms with Crippen molar-refractivity contribution in [2.45, 2.75) is 26.7 Å². The lowest BCUT2D eigenvalue weighted by Gasteiger charge is -2.09. The summed E-state index contributed by atoms with van der Waals surface area (Å²) in [7, 11) is 0. The molecule has 0 radical (unpaired) electrons. The van der Waals surface area contributed by atoms with Crippen molar-refractivity contribution >= 4 is 0 Å². The summed E-state index contributed by atoms with van der Waals surface area (Å²) >= 11 is 0. The molecule has 0 amide bonds. The van der Waals surface area contributed by atoms with Crippen LogP contribution in [0.1, 0.15) is 29.5 Å². The van der Waals surface area contributed by atoms with Gasteiger partial charge in [0.05, 0.1) is 0 Å². The van der Waals surface area contributed by atoms with Gasteiger partial charge in [-0.3, -0.25) is 0 Å². The van der Waals surface area contributed by atoms with Crippen molar-refractivity contribution in [1.29, 1.82) is 0 Å². The first-order valence-corrected chi connectivity index (χ1v) is 5.01. The van der Waals surface area contributed by atoms with Crippen molar-refractivity contribution < 1.29 is 0 Å². The van der Waals surface area contributed by atoms with Gasteiger partial charge in [0, 0.05) is 0 Å². The maximum Gasteiger partial charge on any atom is -0.000722 e. The first-order valence-electron chi connectivity index (χ1n) is 5.01. The zero-order valence-corrected chi connectivity index (χ0v) is 9.25. The highest BCUT2D eigenvalue weighted by molar-refractivity contribution is 5.33. The van der Waals surface area contributed by atoms with Crippen LogP contribution in [0.5, 0.6) is 0 Å². The number of aryl methyl sites for hydroxylation is 2. The molecule has 0 saturated heterocycles. The van der Waals surface area contributed by atoms with E-state index in [-0.39, 0.29) is 0 Å². The summed E-state index contributed by atoms with van der Waals surface area (Å²) in [5, 5.41) is 0. The van der Waals surface area contributed by atoms with Crippen molar-refractivity contribution in [3.05, 3.63) is 59.7 Å². The van der Waals surface area contributed by atoms with Crippen molar-refractivity contribution in [3.8, 4) is 0 Å². The molecule has 0 aromatic heterocycles. The van der Waals surface area contributed by atoms with E-state index >= 15 is 0 Å². The summed E-state index contributed by atoms with van der Waals surface area (Å²) in [5.74, 6) is 0.465. The molecule has 0 aliphatic carbocycles. The number of hydrogen-bond acceptors (Lipinski definition) is 0. The Morgan fingerprint density at radius 3 is 2.50 bits per heavy atom. The second-order valence-corrected chi connectivity index (χ2v) is 3.75. The Kier molecular flexibility index (Phi) is 3.70. The van der Waals surface area contributed by atoms with E-state index in [4.69, 9.17) is 0 Å². The smallest absolute Gasteiger partial charge is 0.000722 e. The summed E-state index contributed by atoms with van der Waals surface area (Å²) in [4.78, 5) is 0. The third kappa shape index (κ3) is 2.59. The first kappa shape index (κ1) is 10.8. The van der Waals surface area contributed by atoms with Crippen molar-refractivity contribution in [3.63, 3.8) is 0 Å². The van der Waals surface area contributed by atoms with Crippen LogP contribution >= 0.6 is 0 Å². The van der Waals surface area contributed by atoms with Gasteiger partial charge < -0.3 is 0 Å². The Bertz CT molecular complexity index is 345. The zero-order valence-electron chi connectivity index (χ0n) is 9.25. The first-order chi connectivity index (χ1) is 6.65. The standard InChI is InChI=1S/C14H18/c1-5-6-7-12(3)14-9-8-11(2)13(4)10-14/h5-10,12H,1H2,2-4H3/b7-6-. The molecular formula is C14H18. The minimum absolute atomic E-state index is 0.465. The molecule has 0 nitrogen and oxygen atoms in total. The molecule has 0 fully saturated rings. The van der Waals surface area contributed by atoms with Gasteiger partial charge in [-0.15, -0.1) is 0 Å². The maximum absolute atomic E-state index is 3.67. The van der Waals surface area contributed by atoms with Crippen LogP contribution in [0.4, 0.5) is 0 Å². The largest absolute Gasteiger partial charge is 0.0991 e. The van der Waals surface area contributed by atoms with Crippen molar-refractivity contribution in [2.75, 3.05) is 0 Å². The van der Waals surface area contributed by atoms with E-state index in [1.807, 2.05) is 12.2 Å². The average Bonchev–Trinajstić information content (AvgIpc) is 2.18. The molecule has 0 heteroatoms. The van der Waals surface area contributed by atoms with Crippen LogP contribution in [0.2, 0.25) is 0 Å². The summed E-state index contributed by atoms with van der Waals surface area (Å²) < 4.78 is 0. The average molecular weight is 186 g/mol. The Hall–Kier alpha value is -1.30. The third-order valence-electron chi connectivity index (χ3n) is 2.59.